The summed E-state index contributed by atoms with van der Waals surface area (Å²) < 4.78 is 6.75. The minimum absolute atomic E-state index is 0.0498. The number of aryl methyl sites for hydroxylation is 1. The second-order valence-electron chi connectivity index (χ2n) is 4.62. The number of carbonyl (C=O) groups is 1. The minimum Gasteiger partial charge on any atom is -0.493 e. The Bertz CT molecular complexity index is 460. The molecule has 0 aromatic carbocycles. The molecule has 4 nitrogen and oxygen atoms in total. The first-order valence-corrected chi connectivity index (χ1v) is 5.93. The largest absolute Gasteiger partial charge is 0.493 e. The number of rotatable bonds is 3. The van der Waals surface area contributed by atoms with Gasteiger partial charge in [-0.15, -0.1) is 0 Å². The van der Waals surface area contributed by atoms with E-state index in [9.17, 15) is 4.79 Å². The fourth-order valence-corrected chi connectivity index (χ4v) is 2.15. The number of aromatic nitrogens is 2. The Kier molecular flexibility index (Phi) is 3.31. The zero-order valence-corrected chi connectivity index (χ0v) is 10.6. The molecule has 0 amide bonds. The van der Waals surface area contributed by atoms with Crippen molar-refractivity contribution >= 4 is 5.78 Å². The summed E-state index contributed by atoms with van der Waals surface area (Å²) in [6, 6.07) is 0. The Morgan fingerprint density at radius 3 is 2.94 bits per heavy atom. The second-order valence-corrected chi connectivity index (χ2v) is 4.62. The van der Waals surface area contributed by atoms with Crippen molar-refractivity contribution in [2.24, 2.45) is 13.0 Å². The quantitative estimate of drug-likeness (QED) is 0.754. The van der Waals surface area contributed by atoms with E-state index in [1.807, 2.05) is 0 Å². The summed E-state index contributed by atoms with van der Waals surface area (Å²) in [7, 11) is 3.33. The molecule has 92 valence electrons. The minimum atomic E-state index is 0.0498. The van der Waals surface area contributed by atoms with Crippen LogP contribution in [0, 0.1) is 5.92 Å². The number of ether oxygens (including phenoxy) is 1. The second kappa shape index (κ2) is 4.73. The summed E-state index contributed by atoms with van der Waals surface area (Å²) in [6.07, 6.45) is 6.56. The highest BCUT2D eigenvalue weighted by Gasteiger charge is 2.23. The van der Waals surface area contributed by atoms with Crippen LogP contribution >= 0.6 is 0 Å². The van der Waals surface area contributed by atoms with Gasteiger partial charge in [-0.2, -0.15) is 5.10 Å². The van der Waals surface area contributed by atoms with Crippen molar-refractivity contribution in [2.75, 3.05) is 7.11 Å². The normalized spacial score (nSPS) is 19.9. The molecule has 1 atom stereocenters. The fourth-order valence-electron chi connectivity index (χ4n) is 2.15. The molecule has 0 N–H and O–H groups in total. The van der Waals surface area contributed by atoms with E-state index in [1.54, 1.807) is 25.0 Å². The molecule has 1 aliphatic carbocycles. The molecule has 1 aromatic heterocycles. The number of ketones is 1. The van der Waals surface area contributed by atoms with Crippen molar-refractivity contribution in [1.29, 1.82) is 0 Å². The molecule has 0 saturated carbocycles. The smallest absolute Gasteiger partial charge is 0.210 e. The molecule has 1 heterocycles. The molecule has 4 heteroatoms. The van der Waals surface area contributed by atoms with Crippen molar-refractivity contribution in [2.45, 2.75) is 26.2 Å². The number of hydrogen-bond acceptors (Lipinski definition) is 3. The third kappa shape index (κ3) is 2.25. The van der Waals surface area contributed by atoms with Gasteiger partial charge in [-0.3, -0.25) is 9.48 Å². The lowest BCUT2D eigenvalue weighted by molar-refractivity contribution is 0.101. The molecule has 1 unspecified atom stereocenters. The van der Waals surface area contributed by atoms with Crippen LogP contribution in [0.3, 0.4) is 0 Å². The summed E-state index contributed by atoms with van der Waals surface area (Å²) in [5.41, 5.74) is 1.44. The first-order chi connectivity index (χ1) is 8.13. The van der Waals surface area contributed by atoms with E-state index >= 15 is 0 Å². The van der Waals surface area contributed by atoms with Gasteiger partial charge in [0.1, 0.15) is 0 Å². The first-order valence-electron chi connectivity index (χ1n) is 5.93. The topological polar surface area (TPSA) is 44.1 Å². The highest BCUT2D eigenvalue weighted by Crippen LogP contribution is 2.28. The van der Waals surface area contributed by atoms with Gasteiger partial charge < -0.3 is 4.74 Å². The van der Waals surface area contributed by atoms with Gasteiger partial charge >= 0.3 is 0 Å². The van der Waals surface area contributed by atoms with Crippen LogP contribution in [-0.4, -0.2) is 22.7 Å². The summed E-state index contributed by atoms with van der Waals surface area (Å²) >= 11 is 0. The lowest BCUT2D eigenvalue weighted by Gasteiger charge is -2.17. The number of Topliss-reactive ketones (excluding diaryl/α,β-unsaturated/α-hetero) is 1. The molecule has 0 bridgehead atoms. The number of nitrogens with zero attached hydrogens (tertiary/aromatic N) is 2. The van der Waals surface area contributed by atoms with Crippen molar-refractivity contribution in [3.63, 3.8) is 0 Å². The van der Waals surface area contributed by atoms with Crippen LogP contribution in [-0.2, 0) is 7.05 Å². The number of carbonyl (C=O) groups excluding carboxylic acids is 1. The van der Waals surface area contributed by atoms with Gasteiger partial charge in [-0.1, -0.05) is 13.0 Å². The van der Waals surface area contributed by atoms with Crippen molar-refractivity contribution < 1.29 is 9.53 Å². The summed E-state index contributed by atoms with van der Waals surface area (Å²) in [6.45, 7) is 2.21. The molecule has 0 fully saturated rings. The highest BCUT2D eigenvalue weighted by atomic mass is 16.5. The van der Waals surface area contributed by atoms with Crippen LogP contribution in [0.4, 0.5) is 0 Å². The van der Waals surface area contributed by atoms with Crippen molar-refractivity contribution in [1.82, 2.24) is 9.78 Å². The summed E-state index contributed by atoms with van der Waals surface area (Å²) in [4.78, 5) is 12.4. The van der Waals surface area contributed by atoms with E-state index in [2.05, 4.69) is 18.1 Å². The molecule has 0 aliphatic heterocycles. The zero-order chi connectivity index (χ0) is 12.4. The summed E-state index contributed by atoms with van der Waals surface area (Å²) in [5, 5.41) is 4.06. The molecular formula is C13H18N2O2. The van der Waals surface area contributed by atoms with E-state index in [1.165, 1.54) is 0 Å². The van der Waals surface area contributed by atoms with Crippen molar-refractivity contribution in [3.05, 3.63) is 23.5 Å². The lowest BCUT2D eigenvalue weighted by Crippen LogP contribution is -2.14. The van der Waals surface area contributed by atoms with E-state index in [0.717, 1.165) is 24.8 Å². The Hall–Kier alpha value is -1.58. The van der Waals surface area contributed by atoms with E-state index in [0.29, 0.717) is 17.4 Å². The number of allylic oxidation sites excluding steroid dienone is 2. The first kappa shape index (κ1) is 11.9. The molecule has 2 rings (SSSR count). The van der Waals surface area contributed by atoms with E-state index < -0.39 is 0 Å². The maximum absolute atomic E-state index is 12.4. The zero-order valence-electron chi connectivity index (χ0n) is 10.6. The van der Waals surface area contributed by atoms with Crippen LogP contribution in [0.5, 0.6) is 5.75 Å². The van der Waals surface area contributed by atoms with Gasteiger partial charge in [0.25, 0.3) is 0 Å². The number of hydrogen-bond donors (Lipinski definition) is 0. The maximum Gasteiger partial charge on any atom is 0.210 e. The van der Waals surface area contributed by atoms with Crippen LogP contribution in [0.15, 0.2) is 17.8 Å². The Balaban J connectivity index is 2.28. The van der Waals surface area contributed by atoms with Gasteiger partial charge in [0.05, 0.1) is 13.3 Å². The summed E-state index contributed by atoms with van der Waals surface area (Å²) in [5.74, 6) is 1.28. The molecule has 0 spiro atoms. The lowest BCUT2D eigenvalue weighted by atomic mass is 9.88. The SMILES string of the molecule is COc1cnn(C)c1C(=O)C1=CCC(C)CC1. The predicted octanol–water partition coefficient (Wildman–Crippen LogP) is 2.36. The predicted molar refractivity (Wildman–Crippen MR) is 65.2 cm³/mol. The van der Waals surface area contributed by atoms with Gasteiger partial charge in [0.15, 0.2) is 11.4 Å². The molecule has 1 aliphatic rings. The van der Waals surface area contributed by atoms with E-state index in [4.69, 9.17) is 4.74 Å². The third-order valence-corrected chi connectivity index (χ3v) is 3.30. The standard InChI is InChI=1S/C13H18N2O2/c1-9-4-6-10(7-5-9)13(16)12-11(17-3)8-14-15(12)2/h6,8-9H,4-5,7H2,1-3H3. The third-order valence-electron chi connectivity index (χ3n) is 3.30. The van der Waals surface area contributed by atoms with Gasteiger partial charge in [0, 0.05) is 7.05 Å². The number of methoxy groups -OCH3 is 1. The fraction of sp³-hybridized carbons (Fsp3) is 0.538. The average Bonchev–Trinajstić information content (AvgIpc) is 2.70. The van der Waals surface area contributed by atoms with Gasteiger partial charge in [-0.05, 0) is 30.8 Å². The molecular weight excluding hydrogens is 216 g/mol. The highest BCUT2D eigenvalue weighted by molar-refractivity contribution is 6.09. The molecule has 1 aromatic rings. The molecule has 17 heavy (non-hydrogen) atoms. The van der Waals surface area contributed by atoms with Crippen LogP contribution in [0.2, 0.25) is 0 Å². The van der Waals surface area contributed by atoms with Crippen LogP contribution < -0.4 is 4.74 Å². The van der Waals surface area contributed by atoms with Gasteiger partial charge in [0.2, 0.25) is 5.78 Å². The Morgan fingerprint density at radius 2 is 2.35 bits per heavy atom. The average molecular weight is 234 g/mol. The maximum atomic E-state index is 12.4. The molecule has 0 radical (unpaired) electrons. The molecule has 0 saturated heterocycles. The Labute approximate surface area is 101 Å². The van der Waals surface area contributed by atoms with E-state index in [-0.39, 0.29) is 5.78 Å². The van der Waals surface area contributed by atoms with Crippen molar-refractivity contribution in [3.8, 4) is 5.75 Å². The van der Waals surface area contributed by atoms with Crippen LogP contribution in [0.1, 0.15) is 36.7 Å². The monoisotopic (exact) mass is 234 g/mol. The Morgan fingerprint density at radius 1 is 1.59 bits per heavy atom. The van der Waals surface area contributed by atoms with Gasteiger partial charge in [-0.25, -0.2) is 0 Å². The van der Waals surface area contributed by atoms with Crippen LogP contribution in [0.25, 0.3) is 0 Å².